The van der Waals surface area contributed by atoms with E-state index in [-0.39, 0.29) is 11.9 Å². The van der Waals surface area contributed by atoms with Gasteiger partial charge in [-0.2, -0.15) is 0 Å². The summed E-state index contributed by atoms with van der Waals surface area (Å²) < 4.78 is 0. The van der Waals surface area contributed by atoms with Crippen LogP contribution >= 0.6 is 23.2 Å². The number of nitrogens with one attached hydrogen (secondary N) is 1. The highest BCUT2D eigenvalue weighted by Crippen LogP contribution is 2.27. The molecule has 1 fully saturated rings. The molecule has 2 rings (SSSR count). The Morgan fingerprint density at radius 3 is 2.74 bits per heavy atom. The summed E-state index contributed by atoms with van der Waals surface area (Å²) in [6.45, 7) is 2.31. The van der Waals surface area contributed by atoms with Gasteiger partial charge in [0.1, 0.15) is 0 Å². The maximum atomic E-state index is 11.9. The normalized spacial score (nSPS) is 16.2. The van der Waals surface area contributed by atoms with Gasteiger partial charge < -0.3 is 10.2 Å². The molecular formula is C14H18Cl2N2O. The second-order valence-corrected chi connectivity index (χ2v) is 5.85. The van der Waals surface area contributed by atoms with Crippen molar-refractivity contribution in [3.8, 4) is 0 Å². The van der Waals surface area contributed by atoms with E-state index < -0.39 is 0 Å². The number of rotatable bonds is 5. The first-order valence-corrected chi connectivity index (χ1v) is 7.18. The number of benzene rings is 1. The molecule has 1 aromatic rings. The van der Waals surface area contributed by atoms with Crippen molar-refractivity contribution in [1.29, 1.82) is 0 Å². The summed E-state index contributed by atoms with van der Waals surface area (Å²) in [5.41, 5.74) is 0.952. The maximum absolute atomic E-state index is 11.9. The fourth-order valence-electron chi connectivity index (χ4n) is 1.99. The van der Waals surface area contributed by atoms with Crippen molar-refractivity contribution < 1.29 is 4.79 Å². The molecule has 104 valence electrons. The number of hydrogen-bond acceptors (Lipinski definition) is 2. The molecule has 0 radical (unpaired) electrons. The van der Waals surface area contributed by atoms with Gasteiger partial charge in [0.05, 0.1) is 6.54 Å². The van der Waals surface area contributed by atoms with Gasteiger partial charge in [-0.05, 0) is 37.5 Å². The average molecular weight is 301 g/mol. The highest BCUT2D eigenvalue weighted by atomic mass is 35.5. The Balaban J connectivity index is 1.89. The van der Waals surface area contributed by atoms with Crippen LogP contribution in [0.5, 0.6) is 0 Å². The summed E-state index contributed by atoms with van der Waals surface area (Å²) in [5.74, 6) is 0.124. The molecule has 1 unspecified atom stereocenters. The molecule has 5 heteroatoms. The number of nitrogens with zero attached hydrogens (tertiary/aromatic N) is 1. The minimum absolute atomic E-state index is 0.0151. The van der Waals surface area contributed by atoms with E-state index in [4.69, 9.17) is 23.2 Å². The van der Waals surface area contributed by atoms with E-state index in [0.29, 0.717) is 22.6 Å². The zero-order valence-electron chi connectivity index (χ0n) is 11.1. The van der Waals surface area contributed by atoms with Gasteiger partial charge in [0, 0.05) is 29.2 Å². The molecular weight excluding hydrogens is 283 g/mol. The van der Waals surface area contributed by atoms with Crippen LogP contribution in [0, 0.1) is 0 Å². The van der Waals surface area contributed by atoms with E-state index in [9.17, 15) is 4.79 Å². The molecule has 1 aliphatic carbocycles. The lowest BCUT2D eigenvalue weighted by Crippen LogP contribution is -2.37. The third kappa shape index (κ3) is 3.85. The Bertz CT molecular complexity index is 475. The van der Waals surface area contributed by atoms with Gasteiger partial charge in [0.2, 0.25) is 5.91 Å². The van der Waals surface area contributed by atoms with Gasteiger partial charge in [-0.3, -0.25) is 4.79 Å². The number of carbonyl (C=O) groups excluding carboxylic acids is 1. The summed E-state index contributed by atoms with van der Waals surface area (Å²) >= 11 is 12.0. The van der Waals surface area contributed by atoms with Gasteiger partial charge in [-0.1, -0.05) is 29.3 Å². The highest BCUT2D eigenvalue weighted by molar-refractivity contribution is 6.35. The lowest BCUT2D eigenvalue weighted by atomic mass is 10.1. The molecule has 1 aliphatic rings. The molecule has 1 aromatic carbocycles. The van der Waals surface area contributed by atoms with Crippen LogP contribution in [0.4, 0.5) is 0 Å². The van der Waals surface area contributed by atoms with Crippen LogP contribution in [0.25, 0.3) is 0 Å². The van der Waals surface area contributed by atoms with Crippen LogP contribution in [0.1, 0.15) is 31.4 Å². The molecule has 0 saturated heterocycles. The van der Waals surface area contributed by atoms with E-state index in [1.165, 1.54) is 0 Å². The van der Waals surface area contributed by atoms with Gasteiger partial charge in [0.15, 0.2) is 0 Å². The highest BCUT2D eigenvalue weighted by Gasteiger charge is 2.29. The largest absolute Gasteiger partial charge is 0.342 e. The van der Waals surface area contributed by atoms with Crippen molar-refractivity contribution in [3.05, 3.63) is 33.8 Å². The van der Waals surface area contributed by atoms with E-state index in [0.717, 1.165) is 18.4 Å². The standard InChI is InChI=1S/C14H18Cl2N2O/c1-9(12-6-3-10(15)7-13(12)16)17-8-14(19)18(2)11-4-5-11/h3,6-7,9,11,17H,4-5,8H2,1-2H3. The zero-order chi connectivity index (χ0) is 14.0. The van der Waals surface area contributed by atoms with E-state index in [1.54, 1.807) is 12.1 Å². The van der Waals surface area contributed by atoms with Crippen LogP contribution in [0.2, 0.25) is 10.0 Å². The smallest absolute Gasteiger partial charge is 0.236 e. The number of halogens is 2. The zero-order valence-corrected chi connectivity index (χ0v) is 12.6. The Hall–Kier alpha value is -0.770. The molecule has 0 bridgehead atoms. The number of carbonyl (C=O) groups is 1. The van der Waals surface area contributed by atoms with Crippen LogP contribution < -0.4 is 5.32 Å². The summed E-state index contributed by atoms with van der Waals surface area (Å²) in [7, 11) is 1.86. The van der Waals surface area contributed by atoms with Gasteiger partial charge in [-0.15, -0.1) is 0 Å². The maximum Gasteiger partial charge on any atom is 0.236 e. The van der Waals surface area contributed by atoms with Crippen molar-refractivity contribution in [2.24, 2.45) is 0 Å². The second-order valence-electron chi connectivity index (χ2n) is 5.00. The Labute approximate surface area is 123 Å². The van der Waals surface area contributed by atoms with Crippen LogP contribution in [-0.2, 0) is 4.79 Å². The van der Waals surface area contributed by atoms with Crippen LogP contribution in [0.15, 0.2) is 18.2 Å². The van der Waals surface area contributed by atoms with E-state index >= 15 is 0 Å². The quantitative estimate of drug-likeness (QED) is 0.905. The SMILES string of the molecule is CC(NCC(=O)N(C)C1CC1)c1ccc(Cl)cc1Cl. The van der Waals surface area contributed by atoms with Crippen LogP contribution in [-0.4, -0.2) is 30.4 Å². The first-order valence-electron chi connectivity index (χ1n) is 6.43. The molecule has 19 heavy (non-hydrogen) atoms. The second kappa shape index (κ2) is 6.12. The van der Waals surface area contributed by atoms with Crippen molar-refractivity contribution in [1.82, 2.24) is 10.2 Å². The molecule has 0 spiro atoms. The fourth-order valence-corrected chi connectivity index (χ4v) is 2.57. The summed E-state index contributed by atoms with van der Waals surface area (Å²) in [6.07, 6.45) is 2.25. The molecule has 1 saturated carbocycles. The predicted octanol–water partition coefficient (Wildman–Crippen LogP) is 3.26. The summed E-state index contributed by atoms with van der Waals surface area (Å²) in [6, 6.07) is 5.87. The molecule has 1 amide bonds. The first-order chi connectivity index (χ1) is 8.99. The molecule has 0 heterocycles. The Kier molecular flexibility index (Phi) is 4.71. The van der Waals surface area contributed by atoms with Crippen molar-refractivity contribution in [3.63, 3.8) is 0 Å². The molecule has 0 aliphatic heterocycles. The lowest BCUT2D eigenvalue weighted by molar-refractivity contribution is -0.129. The molecule has 3 nitrogen and oxygen atoms in total. The summed E-state index contributed by atoms with van der Waals surface area (Å²) in [4.78, 5) is 13.7. The van der Waals surface area contributed by atoms with Gasteiger partial charge in [0.25, 0.3) is 0 Å². The Morgan fingerprint density at radius 1 is 1.47 bits per heavy atom. The van der Waals surface area contributed by atoms with Crippen molar-refractivity contribution in [2.75, 3.05) is 13.6 Å². The van der Waals surface area contributed by atoms with Crippen molar-refractivity contribution >= 4 is 29.1 Å². The van der Waals surface area contributed by atoms with Crippen LogP contribution in [0.3, 0.4) is 0 Å². The minimum Gasteiger partial charge on any atom is -0.342 e. The predicted molar refractivity (Wildman–Crippen MR) is 78.7 cm³/mol. The monoisotopic (exact) mass is 300 g/mol. The minimum atomic E-state index is 0.0151. The fraction of sp³-hybridized carbons (Fsp3) is 0.500. The van der Waals surface area contributed by atoms with E-state index in [1.807, 2.05) is 24.9 Å². The average Bonchev–Trinajstić information content (AvgIpc) is 3.18. The molecule has 1 N–H and O–H groups in total. The van der Waals surface area contributed by atoms with E-state index in [2.05, 4.69) is 5.32 Å². The third-order valence-electron chi connectivity index (χ3n) is 3.48. The number of amides is 1. The van der Waals surface area contributed by atoms with Gasteiger partial charge >= 0.3 is 0 Å². The lowest BCUT2D eigenvalue weighted by Gasteiger charge is -2.20. The van der Waals surface area contributed by atoms with Gasteiger partial charge in [-0.25, -0.2) is 0 Å². The third-order valence-corrected chi connectivity index (χ3v) is 4.04. The number of hydrogen-bond donors (Lipinski definition) is 1. The van der Waals surface area contributed by atoms with Crippen molar-refractivity contribution in [2.45, 2.75) is 31.8 Å². The number of likely N-dealkylation sites (N-methyl/N-ethyl adjacent to an activating group) is 1. The Morgan fingerprint density at radius 2 is 2.16 bits per heavy atom. The topological polar surface area (TPSA) is 32.3 Å². The molecule has 1 atom stereocenters. The summed E-state index contributed by atoms with van der Waals surface area (Å²) in [5, 5.41) is 4.44. The molecule has 0 aromatic heterocycles. The first kappa shape index (κ1) is 14.6.